The van der Waals surface area contributed by atoms with Gasteiger partial charge in [0.2, 0.25) is 5.91 Å². The molecule has 102 valence electrons. The number of carbonyl (C=O) groups is 1. The zero-order valence-electron chi connectivity index (χ0n) is 11.6. The van der Waals surface area contributed by atoms with Crippen LogP contribution in [0.4, 0.5) is 5.69 Å². The fourth-order valence-corrected chi connectivity index (χ4v) is 3.27. The molecule has 0 bridgehead atoms. The zero-order chi connectivity index (χ0) is 13.2. The van der Waals surface area contributed by atoms with Crippen LogP contribution in [0.3, 0.4) is 0 Å². The van der Waals surface area contributed by atoms with Crippen LogP contribution in [-0.4, -0.2) is 25.5 Å². The quantitative estimate of drug-likeness (QED) is 0.839. The highest BCUT2D eigenvalue weighted by Crippen LogP contribution is 2.36. The van der Waals surface area contributed by atoms with Crippen LogP contribution in [-0.2, 0) is 4.79 Å². The number of nitrogens with zero attached hydrogens (tertiary/aromatic N) is 1. The van der Waals surface area contributed by atoms with Crippen molar-refractivity contribution >= 4 is 11.6 Å². The molecule has 1 aromatic carbocycles. The number of fused-ring (bicyclic) bond motifs is 1. The maximum absolute atomic E-state index is 12.7. The van der Waals surface area contributed by atoms with E-state index in [9.17, 15) is 4.79 Å². The molecule has 0 aliphatic carbocycles. The summed E-state index contributed by atoms with van der Waals surface area (Å²) in [5.74, 6) is 1.11. The number of piperidine rings is 1. The predicted molar refractivity (Wildman–Crippen MR) is 77.4 cm³/mol. The van der Waals surface area contributed by atoms with Gasteiger partial charge in [-0.05, 0) is 49.9 Å². The molecule has 0 saturated carbocycles. The average molecular weight is 258 g/mol. The molecule has 3 rings (SSSR count). The van der Waals surface area contributed by atoms with Crippen molar-refractivity contribution in [1.29, 1.82) is 0 Å². The fourth-order valence-electron chi connectivity index (χ4n) is 3.27. The third kappa shape index (κ3) is 2.39. The second-order valence-electron chi connectivity index (χ2n) is 5.76. The Labute approximate surface area is 115 Å². The van der Waals surface area contributed by atoms with Gasteiger partial charge in [0, 0.05) is 18.2 Å². The van der Waals surface area contributed by atoms with E-state index in [0.717, 1.165) is 44.6 Å². The van der Waals surface area contributed by atoms with Crippen molar-refractivity contribution in [2.75, 3.05) is 24.5 Å². The number of para-hydroxylation sites is 1. The Bertz CT molecular complexity index is 466. The number of hydrogen-bond donors (Lipinski definition) is 1. The van der Waals surface area contributed by atoms with Gasteiger partial charge in [-0.2, -0.15) is 0 Å². The third-order valence-electron chi connectivity index (χ3n) is 4.50. The van der Waals surface area contributed by atoms with Crippen molar-refractivity contribution in [1.82, 2.24) is 5.32 Å². The lowest BCUT2D eigenvalue weighted by molar-refractivity contribution is -0.123. The molecule has 0 spiro atoms. The van der Waals surface area contributed by atoms with Crippen LogP contribution < -0.4 is 10.2 Å². The summed E-state index contributed by atoms with van der Waals surface area (Å²) in [6.07, 6.45) is 3.04. The van der Waals surface area contributed by atoms with Crippen LogP contribution in [0.15, 0.2) is 24.3 Å². The molecule has 1 saturated heterocycles. The average Bonchev–Trinajstić information content (AvgIpc) is 2.48. The van der Waals surface area contributed by atoms with Crippen molar-refractivity contribution < 1.29 is 4.79 Å². The lowest BCUT2D eigenvalue weighted by atomic mass is 9.89. The van der Waals surface area contributed by atoms with Gasteiger partial charge in [0.1, 0.15) is 0 Å². The molecule has 1 atom stereocenters. The molecule has 0 aromatic heterocycles. The summed E-state index contributed by atoms with van der Waals surface area (Å²) in [5, 5.41) is 3.33. The standard InChI is InChI=1S/C16H22N2O/c1-12-8-11-18(15-5-3-2-4-14(12)15)16(19)13-6-9-17-10-7-13/h2-5,12-13,17H,6-11H2,1H3. The van der Waals surface area contributed by atoms with Crippen molar-refractivity contribution in [3.8, 4) is 0 Å². The predicted octanol–water partition coefficient (Wildman–Crippen LogP) is 2.53. The van der Waals surface area contributed by atoms with E-state index in [0.29, 0.717) is 11.8 Å². The smallest absolute Gasteiger partial charge is 0.230 e. The Kier molecular flexibility index (Phi) is 3.56. The van der Waals surface area contributed by atoms with Crippen LogP contribution in [0.1, 0.15) is 37.7 Å². The summed E-state index contributed by atoms with van der Waals surface area (Å²) in [4.78, 5) is 14.8. The lowest BCUT2D eigenvalue weighted by Crippen LogP contribution is -2.43. The van der Waals surface area contributed by atoms with Crippen molar-refractivity contribution in [2.45, 2.75) is 32.1 Å². The molecule has 2 aliphatic heterocycles. The van der Waals surface area contributed by atoms with E-state index in [1.807, 2.05) is 11.0 Å². The molecule has 1 fully saturated rings. The summed E-state index contributed by atoms with van der Waals surface area (Å²) < 4.78 is 0. The van der Waals surface area contributed by atoms with Crippen LogP contribution >= 0.6 is 0 Å². The minimum Gasteiger partial charge on any atom is -0.317 e. The van der Waals surface area contributed by atoms with Gasteiger partial charge in [-0.25, -0.2) is 0 Å². The van der Waals surface area contributed by atoms with Gasteiger partial charge in [-0.3, -0.25) is 4.79 Å². The summed E-state index contributed by atoms with van der Waals surface area (Å²) in [6, 6.07) is 8.39. The minimum absolute atomic E-state index is 0.211. The molecule has 1 amide bonds. The Balaban J connectivity index is 1.85. The normalized spacial score (nSPS) is 24.1. The van der Waals surface area contributed by atoms with E-state index in [4.69, 9.17) is 0 Å². The van der Waals surface area contributed by atoms with Crippen LogP contribution in [0.2, 0.25) is 0 Å². The molecule has 1 unspecified atom stereocenters. The van der Waals surface area contributed by atoms with Gasteiger partial charge in [0.05, 0.1) is 0 Å². The van der Waals surface area contributed by atoms with Gasteiger partial charge in [-0.1, -0.05) is 25.1 Å². The molecule has 1 N–H and O–H groups in total. The molecule has 1 aromatic rings. The first kappa shape index (κ1) is 12.7. The van der Waals surface area contributed by atoms with E-state index in [1.165, 1.54) is 5.56 Å². The third-order valence-corrected chi connectivity index (χ3v) is 4.50. The Morgan fingerprint density at radius 1 is 1.21 bits per heavy atom. The second kappa shape index (κ2) is 5.33. The van der Waals surface area contributed by atoms with Crippen molar-refractivity contribution in [3.63, 3.8) is 0 Å². The number of rotatable bonds is 1. The SMILES string of the molecule is CC1CCN(C(=O)C2CCNCC2)c2ccccc21. The van der Waals surface area contributed by atoms with Crippen molar-refractivity contribution in [2.24, 2.45) is 5.92 Å². The highest BCUT2D eigenvalue weighted by Gasteiger charge is 2.31. The minimum atomic E-state index is 0.211. The number of benzene rings is 1. The number of anilines is 1. The maximum Gasteiger partial charge on any atom is 0.230 e. The highest BCUT2D eigenvalue weighted by atomic mass is 16.2. The van der Waals surface area contributed by atoms with Crippen LogP contribution in [0.5, 0.6) is 0 Å². The highest BCUT2D eigenvalue weighted by molar-refractivity contribution is 5.96. The topological polar surface area (TPSA) is 32.3 Å². The van der Waals surface area contributed by atoms with Gasteiger partial charge in [0.15, 0.2) is 0 Å². The summed E-state index contributed by atoms with van der Waals surface area (Å²) in [5.41, 5.74) is 2.47. The lowest BCUT2D eigenvalue weighted by Gasteiger charge is -2.36. The number of nitrogens with one attached hydrogen (secondary N) is 1. The molecule has 19 heavy (non-hydrogen) atoms. The number of hydrogen-bond acceptors (Lipinski definition) is 2. The Hall–Kier alpha value is -1.35. The number of carbonyl (C=O) groups excluding carboxylic acids is 1. The monoisotopic (exact) mass is 258 g/mol. The van der Waals surface area contributed by atoms with Gasteiger partial charge < -0.3 is 10.2 Å². The molecular formula is C16H22N2O. The van der Waals surface area contributed by atoms with Crippen LogP contribution in [0, 0.1) is 5.92 Å². The second-order valence-corrected chi connectivity index (χ2v) is 5.76. The maximum atomic E-state index is 12.7. The van der Waals surface area contributed by atoms with E-state index >= 15 is 0 Å². The molecule has 2 aliphatic rings. The molecule has 3 heteroatoms. The van der Waals surface area contributed by atoms with Crippen molar-refractivity contribution in [3.05, 3.63) is 29.8 Å². The van der Waals surface area contributed by atoms with E-state index < -0.39 is 0 Å². The van der Waals surface area contributed by atoms with Gasteiger partial charge in [-0.15, -0.1) is 0 Å². The first-order chi connectivity index (χ1) is 9.27. The van der Waals surface area contributed by atoms with Crippen LogP contribution in [0.25, 0.3) is 0 Å². The Morgan fingerprint density at radius 3 is 2.74 bits per heavy atom. The zero-order valence-corrected chi connectivity index (χ0v) is 11.6. The molecule has 0 radical (unpaired) electrons. The first-order valence-electron chi connectivity index (χ1n) is 7.38. The Morgan fingerprint density at radius 2 is 1.95 bits per heavy atom. The number of amides is 1. The molecular weight excluding hydrogens is 236 g/mol. The summed E-state index contributed by atoms with van der Waals surface area (Å²) in [7, 11) is 0. The van der Waals surface area contributed by atoms with Gasteiger partial charge in [0.25, 0.3) is 0 Å². The van der Waals surface area contributed by atoms with E-state index in [-0.39, 0.29) is 5.92 Å². The first-order valence-corrected chi connectivity index (χ1v) is 7.38. The largest absolute Gasteiger partial charge is 0.317 e. The fraction of sp³-hybridized carbons (Fsp3) is 0.562. The van der Waals surface area contributed by atoms with Gasteiger partial charge >= 0.3 is 0 Å². The summed E-state index contributed by atoms with van der Waals surface area (Å²) in [6.45, 7) is 5.08. The molecule has 3 nitrogen and oxygen atoms in total. The molecule has 2 heterocycles. The van der Waals surface area contributed by atoms with E-state index in [2.05, 4.69) is 30.4 Å². The van der Waals surface area contributed by atoms with E-state index in [1.54, 1.807) is 0 Å². The summed E-state index contributed by atoms with van der Waals surface area (Å²) >= 11 is 0.